The van der Waals surface area contributed by atoms with Gasteiger partial charge in [-0.15, -0.1) is 0 Å². The fourth-order valence-electron chi connectivity index (χ4n) is 2.23. The Morgan fingerprint density at radius 2 is 1.71 bits per heavy atom. The van der Waals surface area contributed by atoms with Crippen LogP contribution in [0.3, 0.4) is 0 Å². The quantitative estimate of drug-likeness (QED) is 0.512. The molecule has 0 aliphatic carbocycles. The van der Waals surface area contributed by atoms with E-state index in [0.29, 0.717) is 6.61 Å². The summed E-state index contributed by atoms with van der Waals surface area (Å²) in [5, 5.41) is 4.25. The van der Waals surface area contributed by atoms with E-state index < -0.39 is 0 Å². The van der Waals surface area contributed by atoms with Gasteiger partial charge in [-0.05, 0) is 42.3 Å². The van der Waals surface area contributed by atoms with Crippen LogP contribution in [0.5, 0.6) is 5.75 Å². The van der Waals surface area contributed by atoms with Gasteiger partial charge >= 0.3 is 0 Å². The maximum atomic E-state index is 5.86. The molecule has 0 spiro atoms. The minimum atomic E-state index is 0.559. The molecule has 0 aromatic heterocycles. The number of nitrogens with one attached hydrogen (secondary N) is 1. The fourth-order valence-corrected chi connectivity index (χ4v) is 2.23. The van der Waals surface area contributed by atoms with E-state index in [1.54, 1.807) is 6.21 Å². The Kier molecular flexibility index (Phi) is 5.25. The molecule has 0 bridgehead atoms. The van der Waals surface area contributed by atoms with E-state index in [1.165, 1.54) is 5.56 Å². The lowest BCUT2D eigenvalue weighted by Gasteiger charge is -2.07. The summed E-state index contributed by atoms with van der Waals surface area (Å²) in [6.45, 7) is 2.64. The Morgan fingerprint density at radius 1 is 0.917 bits per heavy atom. The van der Waals surface area contributed by atoms with E-state index in [0.717, 1.165) is 22.6 Å². The minimum absolute atomic E-state index is 0.559. The second-order valence-corrected chi connectivity index (χ2v) is 5.58. The zero-order valence-electron chi connectivity index (χ0n) is 13.6. The lowest BCUT2D eigenvalue weighted by Crippen LogP contribution is -1.96. The molecule has 0 heterocycles. The molecule has 0 atom stereocenters. The Hall–Kier alpha value is -3.07. The minimum Gasteiger partial charge on any atom is -0.489 e. The summed E-state index contributed by atoms with van der Waals surface area (Å²) in [6.07, 6.45) is 1.78. The van der Waals surface area contributed by atoms with Crippen LogP contribution >= 0.6 is 0 Å². The number of hydrogen-bond donors (Lipinski definition) is 1. The molecular formula is C21H20N2O. The van der Waals surface area contributed by atoms with Gasteiger partial charge in [0.25, 0.3) is 0 Å². The summed E-state index contributed by atoms with van der Waals surface area (Å²) >= 11 is 0. The van der Waals surface area contributed by atoms with E-state index in [4.69, 9.17) is 4.74 Å². The molecule has 120 valence electrons. The molecule has 3 aromatic carbocycles. The van der Waals surface area contributed by atoms with Crippen molar-refractivity contribution >= 4 is 11.9 Å². The van der Waals surface area contributed by atoms with Crippen LogP contribution < -0.4 is 10.2 Å². The zero-order chi connectivity index (χ0) is 16.6. The maximum absolute atomic E-state index is 5.86. The van der Waals surface area contributed by atoms with Crippen LogP contribution in [0.25, 0.3) is 0 Å². The van der Waals surface area contributed by atoms with Crippen LogP contribution in [0.15, 0.2) is 84.0 Å². The van der Waals surface area contributed by atoms with Gasteiger partial charge in [-0.1, -0.05) is 60.2 Å². The van der Waals surface area contributed by atoms with Gasteiger partial charge in [-0.2, -0.15) is 5.10 Å². The highest BCUT2D eigenvalue weighted by atomic mass is 16.5. The summed E-state index contributed by atoms with van der Waals surface area (Å²) in [4.78, 5) is 0. The molecular weight excluding hydrogens is 296 g/mol. The van der Waals surface area contributed by atoms with E-state index in [9.17, 15) is 0 Å². The van der Waals surface area contributed by atoms with Gasteiger partial charge < -0.3 is 4.74 Å². The number of rotatable bonds is 6. The first-order valence-corrected chi connectivity index (χ1v) is 7.92. The molecule has 24 heavy (non-hydrogen) atoms. The van der Waals surface area contributed by atoms with E-state index in [1.807, 2.05) is 54.6 Å². The third-order valence-electron chi connectivity index (χ3n) is 3.57. The Balaban J connectivity index is 1.58. The molecule has 0 radical (unpaired) electrons. The van der Waals surface area contributed by atoms with Crippen molar-refractivity contribution < 1.29 is 4.74 Å². The molecule has 3 heteroatoms. The molecule has 0 saturated heterocycles. The van der Waals surface area contributed by atoms with Crippen molar-refractivity contribution in [1.29, 1.82) is 0 Å². The summed E-state index contributed by atoms with van der Waals surface area (Å²) < 4.78 is 5.86. The number of hydrogen-bond acceptors (Lipinski definition) is 3. The lowest BCUT2D eigenvalue weighted by atomic mass is 10.2. The summed E-state index contributed by atoms with van der Waals surface area (Å²) in [5.74, 6) is 0.833. The van der Waals surface area contributed by atoms with Gasteiger partial charge in [0.2, 0.25) is 0 Å². The zero-order valence-corrected chi connectivity index (χ0v) is 13.6. The average molecular weight is 316 g/mol. The molecule has 0 unspecified atom stereocenters. The average Bonchev–Trinajstić information content (AvgIpc) is 2.63. The molecule has 0 fully saturated rings. The van der Waals surface area contributed by atoms with Gasteiger partial charge in [-0.3, -0.25) is 5.43 Å². The first kappa shape index (κ1) is 15.8. The molecule has 0 aliphatic heterocycles. The smallest absolute Gasteiger partial charge is 0.120 e. The van der Waals surface area contributed by atoms with Crippen molar-refractivity contribution in [2.75, 3.05) is 5.43 Å². The van der Waals surface area contributed by atoms with E-state index in [-0.39, 0.29) is 0 Å². The number of para-hydroxylation sites is 1. The molecule has 0 amide bonds. The van der Waals surface area contributed by atoms with Gasteiger partial charge in [0, 0.05) is 0 Å². The number of anilines is 1. The number of benzene rings is 3. The van der Waals surface area contributed by atoms with Crippen LogP contribution in [-0.2, 0) is 6.61 Å². The fraction of sp³-hybridized carbons (Fsp3) is 0.0952. The normalized spacial score (nSPS) is 10.7. The molecule has 0 saturated carbocycles. The van der Waals surface area contributed by atoms with Crippen LogP contribution in [0.2, 0.25) is 0 Å². The van der Waals surface area contributed by atoms with Crippen molar-refractivity contribution in [3.63, 3.8) is 0 Å². The number of nitrogens with zero attached hydrogens (tertiary/aromatic N) is 1. The van der Waals surface area contributed by atoms with Crippen molar-refractivity contribution in [2.24, 2.45) is 5.10 Å². The number of ether oxygens (including phenoxy) is 1. The highest BCUT2D eigenvalue weighted by molar-refractivity contribution is 5.80. The number of aryl methyl sites for hydroxylation is 1. The Morgan fingerprint density at radius 3 is 2.50 bits per heavy atom. The number of hydrazone groups is 1. The van der Waals surface area contributed by atoms with Gasteiger partial charge in [0.1, 0.15) is 12.4 Å². The third kappa shape index (κ3) is 4.71. The van der Waals surface area contributed by atoms with Crippen LogP contribution in [0, 0.1) is 6.92 Å². The van der Waals surface area contributed by atoms with Crippen LogP contribution in [0.1, 0.15) is 16.7 Å². The van der Waals surface area contributed by atoms with Gasteiger partial charge in [0.15, 0.2) is 0 Å². The highest BCUT2D eigenvalue weighted by Gasteiger charge is 1.97. The van der Waals surface area contributed by atoms with Gasteiger partial charge in [0.05, 0.1) is 11.9 Å². The van der Waals surface area contributed by atoms with Crippen molar-refractivity contribution in [2.45, 2.75) is 13.5 Å². The molecule has 3 rings (SSSR count). The third-order valence-corrected chi connectivity index (χ3v) is 3.57. The van der Waals surface area contributed by atoms with Crippen molar-refractivity contribution in [3.8, 4) is 5.75 Å². The van der Waals surface area contributed by atoms with Crippen molar-refractivity contribution in [1.82, 2.24) is 0 Å². The maximum Gasteiger partial charge on any atom is 0.120 e. The molecule has 1 N–H and O–H groups in total. The topological polar surface area (TPSA) is 33.6 Å². The summed E-state index contributed by atoms with van der Waals surface area (Å²) in [5.41, 5.74) is 7.36. The first-order valence-electron chi connectivity index (χ1n) is 7.92. The lowest BCUT2D eigenvalue weighted by molar-refractivity contribution is 0.306. The van der Waals surface area contributed by atoms with Gasteiger partial charge in [-0.25, -0.2) is 0 Å². The SMILES string of the molecule is Cc1ccc(COc2cccc(/C=N\Nc3ccccc3)c2)cc1. The second kappa shape index (κ2) is 7.97. The molecule has 3 nitrogen and oxygen atoms in total. The highest BCUT2D eigenvalue weighted by Crippen LogP contribution is 2.15. The van der Waals surface area contributed by atoms with Crippen LogP contribution in [0.4, 0.5) is 5.69 Å². The first-order chi connectivity index (χ1) is 11.8. The second-order valence-electron chi connectivity index (χ2n) is 5.58. The predicted octanol–water partition coefficient (Wildman–Crippen LogP) is 5.02. The Bertz CT molecular complexity index is 796. The summed E-state index contributed by atoms with van der Waals surface area (Å²) in [7, 11) is 0. The standard InChI is InChI=1S/C21H20N2O/c1-17-10-12-18(13-11-17)16-24-21-9-5-6-19(14-21)15-22-23-20-7-3-2-4-8-20/h2-15,23H,16H2,1H3/b22-15-. The van der Waals surface area contributed by atoms with E-state index >= 15 is 0 Å². The molecule has 0 aliphatic rings. The largest absolute Gasteiger partial charge is 0.489 e. The Labute approximate surface area is 142 Å². The van der Waals surface area contributed by atoms with Crippen molar-refractivity contribution in [3.05, 3.63) is 95.6 Å². The molecule has 3 aromatic rings. The van der Waals surface area contributed by atoms with E-state index in [2.05, 4.69) is 41.7 Å². The van der Waals surface area contributed by atoms with Crippen LogP contribution in [-0.4, -0.2) is 6.21 Å². The monoisotopic (exact) mass is 316 g/mol. The summed E-state index contributed by atoms with van der Waals surface area (Å²) in [6, 6.07) is 26.1. The predicted molar refractivity (Wildman–Crippen MR) is 99.6 cm³/mol.